The summed E-state index contributed by atoms with van der Waals surface area (Å²) in [5, 5.41) is 12.2. The standard InChI is InChI=1S/C9H11N5O4S/c15-9(16)6-14-5-7(3-12-14)19(17,18)13-4-8-10-1-2-11-8/h1-3,5,13H,4,6H2,(H,10,11)(H,15,16). The van der Waals surface area contributed by atoms with E-state index >= 15 is 0 Å². The zero-order valence-corrected chi connectivity index (χ0v) is 10.5. The highest BCUT2D eigenvalue weighted by Gasteiger charge is 2.17. The predicted octanol–water partition coefficient (Wildman–Crippen LogP) is -0.831. The summed E-state index contributed by atoms with van der Waals surface area (Å²) in [5.41, 5.74) is 0. The van der Waals surface area contributed by atoms with Crippen LogP contribution in [0.1, 0.15) is 5.82 Å². The Balaban J connectivity index is 2.06. The number of H-pyrrole nitrogens is 1. The van der Waals surface area contributed by atoms with Gasteiger partial charge in [0.25, 0.3) is 0 Å². The van der Waals surface area contributed by atoms with Crippen LogP contribution in [-0.4, -0.2) is 39.2 Å². The van der Waals surface area contributed by atoms with Crippen LogP contribution in [0.3, 0.4) is 0 Å². The second-order valence-electron chi connectivity index (χ2n) is 3.63. The quantitative estimate of drug-likeness (QED) is 0.635. The number of hydrogen-bond donors (Lipinski definition) is 3. The maximum absolute atomic E-state index is 11.9. The SMILES string of the molecule is O=C(O)Cn1cc(S(=O)(=O)NCc2ncc[nH]2)cn1. The number of imidazole rings is 1. The van der Waals surface area contributed by atoms with E-state index in [1.165, 1.54) is 6.20 Å². The Morgan fingerprint density at radius 2 is 2.32 bits per heavy atom. The highest BCUT2D eigenvalue weighted by atomic mass is 32.2. The minimum absolute atomic E-state index is 0.0133. The van der Waals surface area contributed by atoms with Crippen molar-refractivity contribution in [2.75, 3.05) is 0 Å². The van der Waals surface area contributed by atoms with Crippen LogP contribution in [-0.2, 0) is 27.9 Å². The molecular weight excluding hydrogens is 274 g/mol. The van der Waals surface area contributed by atoms with Gasteiger partial charge in [-0.15, -0.1) is 0 Å². The molecule has 19 heavy (non-hydrogen) atoms. The third-order valence-electron chi connectivity index (χ3n) is 2.20. The first-order valence-corrected chi connectivity index (χ1v) is 6.68. The van der Waals surface area contributed by atoms with Crippen LogP contribution in [0.2, 0.25) is 0 Å². The van der Waals surface area contributed by atoms with Gasteiger partial charge in [0.2, 0.25) is 10.0 Å². The first-order valence-electron chi connectivity index (χ1n) is 5.19. The summed E-state index contributed by atoms with van der Waals surface area (Å²) in [5.74, 6) is -0.628. The lowest BCUT2D eigenvalue weighted by Gasteiger charge is -2.02. The number of rotatable bonds is 6. The number of nitrogens with zero attached hydrogens (tertiary/aromatic N) is 3. The molecule has 0 aromatic carbocycles. The fraction of sp³-hybridized carbons (Fsp3) is 0.222. The van der Waals surface area contributed by atoms with Gasteiger partial charge in [0.1, 0.15) is 17.3 Å². The number of aromatic amines is 1. The molecule has 3 N–H and O–H groups in total. The number of carboxylic acid groups (broad SMARTS) is 1. The smallest absolute Gasteiger partial charge is 0.325 e. The van der Waals surface area contributed by atoms with Crippen molar-refractivity contribution in [3.63, 3.8) is 0 Å². The van der Waals surface area contributed by atoms with Gasteiger partial charge in [0.05, 0.1) is 12.7 Å². The molecular formula is C9H11N5O4S. The number of aliphatic carboxylic acids is 1. The van der Waals surface area contributed by atoms with Crippen molar-refractivity contribution in [2.24, 2.45) is 0 Å². The zero-order chi connectivity index (χ0) is 13.9. The van der Waals surface area contributed by atoms with Gasteiger partial charge in [0, 0.05) is 18.6 Å². The first kappa shape index (κ1) is 13.2. The highest BCUT2D eigenvalue weighted by Crippen LogP contribution is 2.07. The second kappa shape index (κ2) is 5.20. The molecule has 0 aliphatic rings. The summed E-state index contributed by atoms with van der Waals surface area (Å²) >= 11 is 0. The molecule has 9 nitrogen and oxygen atoms in total. The zero-order valence-electron chi connectivity index (χ0n) is 9.65. The van der Waals surface area contributed by atoms with Crippen molar-refractivity contribution in [2.45, 2.75) is 18.0 Å². The Labute approximate surface area is 108 Å². The van der Waals surface area contributed by atoms with Gasteiger partial charge in [-0.25, -0.2) is 18.1 Å². The average Bonchev–Trinajstić information content (AvgIpc) is 2.96. The van der Waals surface area contributed by atoms with Crippen LogP contribution >= 0.6 is 0 Å². The van der Waals surface area contributed by atoms with Gasteiger partial charge in [-0.2, -0.15) is 5.10 Å². The minimum Gasteiger partial charge on any atom is -0.480 e. The Morgan fingerprint density at radius 1 is 1.53 bits per heavy atom. The number of nitrogens with one attached hydrogen (secondary N) is 2. The number of carboxylic acids is 1. The largest absolute Gasteiger partial charge is 0.480 e. The molecule has 0 radical (unpaired) electrons. The van der Waals surface area contributed by atoms with Crippen molar-refractivity contribution < 1.29 is 18.3 Å². The lowest BCUT2D eigenvalue weighted by molar-refractivity contribution is -0.137. The van der Waals surface area contributed by atoms with E-state index in [1.54, 1.807) is 6.20 Å². The average molecular weight is 285 g/mol. The Bertz CT molecular complexity index is 661. The summed E-state index contributed by atoms with van der Waals surface area (Å²) in [6.45, 7) is -0.382. The summed E-state index contributed by atoms with van der Waals surface area (Å²) in [6, 6.07) is 0. The Morgan fingerprint density at radius 3 is 2.95 bits per heavy atom. The van der Waals surface area contributed by atoms with E-state index in [2.05, 4.69) is 19.8 Å². The molecule has 0 aliphatic carbocycles. The minimum atomic E-state index is -3.74. The highest BCUT2D eigenvalue weighted by molar-refractivity contribution is 7.89. The van der Waals surface area contributed by atoms with Crippen LogP contribution in [0.5, 0.6) is 0 Å². The molecule has 0 saturated heterocycles. The van der Waals surface area contributed by atoms with E-state index in [0.717, 1.165) is 17.1 Å². The van der Waals surface area contributed by atoms with Gasteiger partial charge in [-0.3, -0.25) is 9.48 Å². The van der Waals surface area contributed by atoms with Gasteiger partial charge in [0.15, 0.2) is 0 Å². The lowest BCUT2D eigenvalue weighted by atomic mass is 10.6. The van der Waals surface area contributed by atoms with E-state index in [1.807, 2.05) is 0 Å². The van der Waals surface area contributed by atoms with Crippen molar-refractivity contribution in [3.8, 4) is 0 Å². The normalized spacial score (nSPS) is 11.6. The topological polar surface area (TPSA) is 130 Å². The van der Waals surface area contributed by atoms with Crippen LogP contribution in [0.15, 0.2) is 29.7 Å². The number of carbonyl (C=O) groups is 1. The molecule has 2 aromatic rings. The predicted molar refractivity (Wildman–Crippen MR) is 62.5 cm³/mol. The van der Waals surface area contributed by atoms with E-state index in [4.69, 9.17) is 5.11 Å². The van der Waals surface area contributed by atoms with Crippen LogP contribution < -0.4 is 4.72 Å². The Hall–Kier alpha value is -2.20. The molecule has 102 valence electrons. The fourth-order valence-corrected chi connectivity index (χ4v) is 2.29. The van der Waals surface area contributed by atoms with E-state index in [9.17, 15) is 13.2 Å². The van der Waals surface area contributed by atoms with E-state index in [0.29, 0.717) is 5.82 Å². The third-order valence-corrected chi connectivity index (χ3v) is 3.56. The molecule has 0 saturated carbocycles. The summed E-state index contributed by atoms with van der Waals surface area (Å²) in [4.78, 5) is 17.0. The molecule has 0 fully saturated rings. The summed E-state index contributed by atoms with van der Waals surface area (Å²) in [6.07, 6.45) is 5.33. The number of hydrogen-bond acceptors (Lipinski definition) is 5. The maximum atomic E-state index is 11.9. The van der Waals surface area contributed by atoms with Crippen molar-refractivity contribution in [1.29, 1.82) is 0 Å². The molecule has 0 aliphatic heterocycles. The van der Waals surface area contributed by atoms with Crippen molar-refractivity contribution in [1.82, 2.24) is 24.5 Å². The monoisotopic (exact) mass is 285 g/mol. The molecule has 0 bridgehead atoms. The molecule has 10 heteroatoms. The number of sulfonamides is 1. The second-order valence-corrected chi connectivity index (χ2v) is 5.39. The molecule has 0 amide bonds. The summed E-state index contributed by atoms with van der Waals surface area (Å²) in [7, 11) is -3.74. The Kier molecular flexibility index (Phi) is 3.62. The van der Waals surface area contributed by atoms with Gasteiger partial charge >= 0.3 is 5.97 Å². The van der Waals surface area contributed by atoms with Gasteiger partial charge in [-0.1, -0.05) is 0 Å². The van der Waals surface area contributed by atoms with Crippen LogP contribution in [0.4, 0.5) is 0 Å². The molecule has 2 rings (SSSR count). The van der Waals surface area contributed by atoms with E-state index < -0.39 is 22.5 Å². The number of aromatic nitrogens is 4. The fourth-order valence-electron chi connectivity index (χ4n) is 1.35. The molecule has 0 unspecified atom stereocenters. The van der Waals surface area contributed by atoms with E-state index in [-0.39, 0.29) is 11.4 Å². The summed E-state index contributed by atoms with van der Waals surface area (Å²) < 4.78 is 27.1. The first-order chi connectivity index (χ1) is 8.97. The maximum Gasteiger partial charge on any atom is 0.325 e. The third kappa shape index (κ3) is 3.39. The van der Waals surface area contributed by atoms with Crippen LogP contribution in [0, 0.1) is 0 Å². The van der Waals surface area contributed by atoms with Gasteiger partial charge < -0.3 is 10.1 Å². The van der Waals surface area contributed by atoms with Crippen molar-refractivity contribution in [3.05, 3.63) is 30.6 Å². The van der Waals surface area contributed by atoms with Crippen molar-refractivity contribution >= 4 is 16.0 Å². The van der Waals surface area contributed by atoms with Gasteiger partial charge in [-0.05, 0) is 0 Å². The molecule has 0 atom stereocenters. The van der Waals surface area contributed by atoms with Crippen LogP contribution in [0.25, 0.3) is 0 Å². The molecule has 2 aromatic heterocycles. The molecule has 0 spiro atoms. The lowest BCUT2D eigenvalue weighted by Crippen LogP contribution is -2.23. The molecule has 2 heterocycles.